The van der Waals surface area contributed by atoms with Crippen molar-refractivity contribution < 1.29 is 61.8 Å². The molecule has 11 atom stereocenters. The number of hydrogen-bond donors (Lipinski definition) is 0. The molecule has 2 aromatic carbocycles. The Morgan fingerprint density at radius 2 is 1.33 bits per heavy atom. The highest BCUT2D eigenvalue weighted by Crippen LogP contribution is 2.39. The van der Waals surface area contributed by atoms with Crippen molar-refractivity contribution in [1.29, 1.82) is 0 Å². The van der Waals surface area contributed by atoms with Crippen LogP contribution in [0.4, 0.5) is 0 Å². The zero-order chi connectivity index (χ0) is 32.8. The maximum Gasteiger partial charge on any atom is 0.303 e. The Kier molecular flexibility index (Phi) is 11.4. The second-order valence-electron chi connectivity index (χ2n) is 11.2. The average Bonchev–Trinajstić information content (AvgIpc) is 3.03. The quantitative estimate of drug-likeness (QED) is 0.276. The summed E-state index contributed by atoms with van der Waals surface area (Å²) in [5.41, 5.74) is 1.72. The van der Waals surface area contributed by atoms with Gasteiger partial charge in [-0.2, -0.15) is 0 Å². The van der Waals surface area contributed by atoms with E-state index < -0.39 is 85.6 Å². The fourth-order valence-corrected chi connectivity index (χ4v) is 5.85. The van der Waals surface area contributed by atoms with Crippen molar-refractivity contribution in [3.05, 3.63) is 71.8 Å². The third-order valence-corrected chi connectivity index (χ3v) is 7.80. The van der Waals surface area contributed by atoms with Crippen LogP contribution in [0.1, 0.15) is 45.1 Å². The van der Waals surface area contributed by atoms with Gasteiger partial charge < -0.3 is 47.4 Å². The van der Waals surface area contributed by atoms with Crippen LogP contribution in [0.5, 0.6) is 0 Å². The van der Waals surface area contributed by atoms with Crippen LogP contribution < -0.4 is 0 Å². The van der Waals surface area contributed by atoms with E-state index in [9.17, 15) is 14.4 Å². The molecule has 3 aliphatic heterocycles. The Hall–Kier alpha value is -3.43. The number of esters is 3. The molecule has 0 N–H and O–H groups in total. The normalized spacial score (nSPS) is 34.2. The maximum atomic E-state index is 12.3. The summed E-state index contributed by atoms with van der Waals surface area (Å²) in [5, 5.41) is 0. The number of carbonyl (C=O) groups excluding carboxylic acids is 3. The van der Waals surface area contributed by atoms with Crippen LogP contribution in [0.25, 0.3) is 0 Å². The predicted molar refractivity (Wildman–Crippen MR) is 157 cm³/mol. The van der Waals surface area contributed by atoms with Crippen LogP contribution in [0.2, 0.25) is 0 Å². The predicted octanol–water partition coefficient (Wildman–Crippen LogP) is 2.98. The molecule has 0 saturated carbocycles. The fraction of sp³-hybridized carbons (Fsp3) is 0.545. The molecular formula is C33H40O13. The summed E-state index contributed by atoms with van der Waals surface area (Å²) in [7, 11) is 1.46. The maximum absolute atomic E-state index is 12.3. The number of hydrogen-bond acceptors (Lipinski definition) is 13. The molecule has 3 heterocycles. The number of ether oxygens (including phenoxy) is 10. The Bertz CT molecular complexity index is 1310. The van der Waals surface area contributed by atoms with Gasteiger partial charge in [-0.25, -0.2) is 0 Å². The number of methoxy groups -OCH3 is 1. The highest BCUT2D eigenvalue weighted by molar-refractivity contribution is 5.68. The number of benzene rings is 2. The Morgan fingerprint density at radius 3 is 1.96 bits per heavy atom. The molecule has 13 heteroatoms. The molecule has 0 aliphatic carbocycles. The Balaban J connectivity index is 1.48. The topological polar surface area (TPSA) is 144 Å². The van der Waals surface area contributed by atoms with Crippen molar-refractivity contribution in [3.8, 4) is 0 Å². The summed E-state index contributed by atoms with van der Waals surface area (Å²) in [6, 6.07) is 19.1. The van der Waals surface area contributed by atoms with Crippen LogP contribution in [-0.4, -0.2) is 93.0 Å². The lowest BCUT2D eigenvalue weighted by Crippen LogP contribution is -2.67. The third kappa shape index (κ3) is 8.10. The lowest BCUT2D eigenvalue weighted by atomic mass is 9.96. The lowest BCUT2D eigenvalue weighted by Gasteiger charge is -2.50. The van der Waals surface area contributed by atoms with E-state index >= 15 is 0 Å². The Labute approximate surface area is 267 Å². The molecule has 3 aliphatic rings. The third-order valence-electron chi connectivity index (χ3n) is 7.80. The first-order chi connectivity index (χ1) is 22.1. The first kappa shape index (κ1) is 33.9. The minimum absolute atomic E-state index is 0.188. The van der Waals surface area contributed by atoms with E-state index in [0.29, 0.717) is 0 Å². The van der Waals surface area contributed by atoms with Gasteiger partial charge >= 0.3 is 17.9 Å². The number of rotatable bonds is 10. The largest absolute Gasteiger partial charge is 0.456 e. The van der Waals surface area contributed by atoms with Crippen molar-refractivity contribution >= 4 is 17.9 Å². The van der Waals surface area contributed by atoms with E-state index in [0.717, 1.165) is 11.1 Å². The summed E-state index contributed by atoms with van der Waals surface area (Å²) in [6.07, 6.45) is -10.6. The molecule has 250 valence electrons. The molecule has 13 nitrogen and oxygen atoms in total. The van der Waals surface area contributed by atoms with Crippen LogP contribution >= 0.6 is 0 Å². The molecule has 0 aromatic heterocycles. The average molecular weight is 645 g/mol. The molecule has 2 aromatic rings. The van der Waals surface area contributed by atoms with Gasteiger partial charge in [0.25, 0.3) is 0 Å². The van der Waals surface area contributed by atoms with E-state index in [1.54, 1.807) is 6.92 Å². The van der Waals surface area contributed by atoms with E-state index in [4.69, 9.17) is 47.4 Å². The van der Waals surface area contributed by atoms with Crippen LogP contribution in [0.3, 0.4) is 0 Å². The lowest BCUT2D eigenvalue weighted by molar-refractivity contribution is -0.394. The van der Waals surface area contributed by atoms with Crippen LogP contribution in [0.15, 0.2) is 60.7 Å². The molecule has 0 spiro atoms. The summed E-state index contributed by atoms with van der Waals surface area (Å²) in [4.78, 5) is 36.4. The first-order valence-electron chi connectivity index (χ1n) is 15.1. The standard InChI is InChI=1S/C33H40O13/c1-18-25(41-19(2)34)28(42-20(3)35)30(43-21(4)36)33(40-18)46-29-27(38-16-22-12-8-6-9-13-22)26-24(44-32(29)37-5)17-39-31(45-26)23-14-10-7-11-15-23/h6-15,18,24-33H,16-17H2,1-5H3. The minimum atomic E-state index is -1.33. The first-order valence-corrected chi connectivity index (χ1v) is 15.1. The number of carbonyl (C=O) groups is 3. The van der Waals surface area contributed by atoms with Gasteiger partial charge in [-0.3, -0.25) is 14.4 Å². The second-order valence-corrected chi connectivity index (χ2v) is 11.2. The van der Waals surface area contributed by atoms with E-state index in [1.807, 2.05) is 60.7 Å². The molecule has 0 amide bonds. The smallest absolute Gasteiger partial charge is 0.303 e. The van der Waals surface area contributed by atoms with Gasteiger partial charge in [0.05, 0.1) is 19.3 Å². The highest BCUT2D eigenvalue weighted by Gasteiger charge is 2.56. The molecule has 0 bridgehead atoms. The molecule has 46 heavy (non-hydrogen) atoms. The van der Waals surface area contributed by atoms with Gasteiger partial charge in [0.2, 0.25) is 0 Å². The fourth-order valence-electron chi connectivity index (χ4n) is 5.85. The van der Waals surface area contributed by atoms with Crippen LogP contribution in [0, 0.1) is 0 Å². The molecule has 0 radical (unpaired) electrons. The van der Waals surface area contributed by atoms with Crippen molar-refractivity contribution in [2.45, 2.75) is 102 Å². The summed E-state index contributed by atoms with van der Waals surface area (Å²) < 4.78 is 60.4. The molecular weight excluding hydrogens is 604 g/mol. The van der Waals surface area contributed by atoms with Gasteiger partial charge in [0.15, 0.2) is 37.2 Å². The van der Waals surface area contributed by atoms with Crippen molar-refractivity contribution in [3.63, 3.8) is 0 Å². The van der Waals surface area contributed by atoms with Gasteiger partial charge in [0.1, 0.15) is 24.4 Å². The Morgan fingerprint density at radius 1 is 0.717 bits per heavy atom. The van der Waals surface area contributed by atoms with Gasteiger partial charge in [-0.05, 0) is 12.5 Å². The van der Waals surface area contributed by atoms with Crippen LogP contribution in [-0.2, 0) is 68.4 Å². The summed E-state index contributed by atoms with van der Waals surface area (Å²) >= 11 is 0. The molecule has 3 fully saturated rings. The molecule has 3 saturated heterocycles. The van der Waals surface area contributed by atoms with E-state index in [1.165, 1.54) is 27.9 Å². The molecule has 11 unspecified atom stereocenters. The van der Waals surface area contributed by atoms with Gasteiger partial charge in [0, 0.05) is 33.4 Å². The number of fused-ring (bicyclic) bond motifs is 1. The minimum Gasteiger partial charge on any atom is -0.456 e. The zero-order valence-electron chi connectivity index (χ0n) is 26.3. The van der Waals surface area contributed by atoms with Crippen molar-refractivity contribution in [2.24, 2.45) is 0 Å². The zero-order valence-corrected chi connectivity index (χ0v) is 26.3. The SMILES string of the molecule is COC1OC2COC(c3ccccc3)OC2C(OCc2ccccc2)C1OC1OC(C)C(OC(C)=O)C(OC(C)=O)C1OC(C)=O. The monoisotopic (exact) mass is 644 g/mol. The molecule has 5 rings (SSSR count). The van der Waals surface area contributed by atoms with E-state index in [-0.39, 0.29) is 13.2 Å². The van der Waals surface area contributed by atoms with Crippen molar-refractivity contribution in [2.75, 3.05) is 13.7 Å². The van der Waals surface area contributed by atoms with Crippen molar-refractivity contribution in [1.82, 2.24) is 0 Å². The summed E-state index contributed by atoms with van der Waals surface area (Å²) in [5.74, 6) is -2.02. The summed E-state index contributed by atoms with van der Waals surface area (Å²) in [6.45, 7) is 5.62. The van der Waals surface area contributed by atoms with Gasteiger partial charge in [-0.15, -0.1) is 0 Å². The van der Waals surface area contributed by atoms with Gasteiger partial charge in [-0.1, -0.05) is 60.7 Å². The highest BCUT2D eigenvalue weighted by atomic mass is 16.8. The van der Waals surface area contributed by atoms with E-state index in [2.05, 4.69) is 0 Å². The second kappa shape index (κ2) is 15.4.